The summed E-state index contributed by atoms with van der Waals surface area (Å²) in [6.07, 6.45) is 7.05. The Morgan fingerprint density at radius 2 is 1.79 bits per heavy atom. The Balaban J connectivity index is 1.56. The molecule has 0 saturated carbocycles. The van der Waals surface area contributed by atoms with Gasteiger partial charge in [-0.3, -0.25) is 4.98 Å². The van der Waals surface area contributed by atoms with Gasteiger partial charge >= 0.3 is 0 Å². The van der Waals surface area contributed by atoms with Crippen LogP contribution in [0.4, 0.5) is 21.8 Å². The van der Waals surface area contributed by atoms with Crippen LogP contribution in [-0.4, -0.2) is 19.9 Å². The maximum absolute atomic E-state index is 13.1. The third-order valence-electron chi connectivity index (χ3n) is 4.58. The molecule has 0 fully saturated rings. The summed E-state index contributed by atoms with van der Waals surface area (Å²) < 4.78 is 13.1. The van der Waals surface area contributed by atoms with Gasteiger partial charge in [0, 0.05) is 41.8 Å². The van der Waals surface area contributed by atoms with E-state index in [9.17, 15) is 4.39 Å². The van der Waals surface area contributed by atoms with Gasteiger partial charge in [0.05, 0.1) is 17.6 Å². The molecule has 4 aromatic rings. The Kier molecular flexibility index (Phi) is 3.90. The minimum atomic E-state index is -0.255. The Labute approximate surface area is 160 Å². The van der Waals surface area contributed by atoms with Crippen LogP contribution in [0.15, 0.2) is 67.3 Å². The zero-order valence-corrected chi connectivity index (χ0v) is 14.7. The second-order valence-corrected chi connectivity index (χ2v) is 6.38. The second-order valence-electron chi connectivity index (χ2n) is 6.38. The highest BCUT2D eigenvalue weighted by Crippen LogP contribution is 2.41. The lowest BCUT2D eigenvalue weighted by atomic mass is 10.0. The van der Waals surface area contributed by atoms with Crippen LogP contribution in [0.5, 0.6) is 0 Å². The molecule has 2 N–H and O–H groups in total. The maximum atomic E-state index is 13.1. The quantitative estimate of drug-likeness (QED) is 0.490. The predicted molar refractivity (Wildman–Crippen MR) is 106 cm³/mol. The van der Waals surface area contributed by atoms with Gasteiger partial charge in [-0.05, 0) is 35.9 Å². The van der Waals surface area contributed by atoms with Crippen LogP contribution in [0.1, 0.15) is 5.56 Å². The number of nitrogens with one attached hydrogen (secondary N) is 2. The van der Waals surface area contributed by atoms with E-state index in [1.165, 1.54) is 12.1 Å². The van der Waals surface area contributed by atoms with E-state index in [0.717, 1.165) is 39.5 Å². The highest BCUT2D eigenvalue weighted by molar-refractivity contribution is 5.95. The Morgan fingerprint density at radius 3 is 2.68 bits per heavy atom. The van der Waals surface area contributed by atoms with Crippen molar-refractivity contribution in [1.29, 1.82) is 0 Å². The smallest absolute Gasteiger partial charge is 0.223 e. The number of nitrogens with zero attached hydrogens (tertiary/aromatic N) is 4. The van der Waals surface area contributed by atoms with Crippen molar-refractivity contribution in [3.05, 3.63) is 78.6 Å². The lowest BCUT2D eigenvalue weighted by Gasteiger charge is -2.11. The predicted octanol–water partition coefficient (Wildman–Crippen LogP) is 4.41. The summed E-state index contributed by atoms with van der Waals surface area (Å²) in [6.45, 7) is 0.498. The van der Waals surface area contributed by atoms with Crippen molar-refractivity contribution in [2.75, 3.05) is 10.6 Å². The average molecular weight is 370 g/mol. The number of hydrogen-bond acceptors (Lipinski definition) is 6. The summed E-state index contributed by atoms with van der Waals surface area (Å²) in [5.74, 6) is 0.962. The number of anilines is 3. The van der Waals surface area contributed by atoms with Gasteiger partial charge in [0.15, 0.2) is 0 Å². The van der Waals surface area contributed by atoms with E-state index in [1.807, 2.05) is 18.2 Å². The molecular formula is C21H15FN6. The molecule has 1 aromatic carbocycles. The molecule has 1 aliphatic heterocycles. The van der Waals surface area contributed by atoms with E-state index >= 15 is 0 Å². The first-order valence-corrected chi connectivity index (χ1v) is 8.80. The first kappa shape index (κ1) is 16.3. The molecule has 0 unspecified atom stereocenters. The van der Waals surface area contributed by atoms with Crippen molar-refractivity contribution in [3.8, 4) is 22.4 Å². The van der Waals surface area contributed by atoms with Gasteiger partial charge in [-0.2, -0.15) is 0 Å². The van der Waals surface area contributed by atoms with Gasteiger partial charge in [-0.25, -0.2) is 19.3 Å². The van der Waals surface area contributed by atoms with Gasteiger partial charge in [0.1, 0.15) is 11.6 Å². The van der Waals surface area contributed by atoms with E-state index in [-0.39, 0.29) is 5.82 Å². The molecule has 7 heteroatoms. The number of pyridine rings is 2. The monoisotopic (exact) mass is 370 g/mol. The average Bonchev–Trinajstić information content (AvgIpc) is 2.88. The number of hydrogen-bond donors (Lipinski definition) is 2. The third kappa shape index (κ3) is 2.92. The number of halogens is 1. The molecule has 3 aromatic heterocycles. The Hall–Kier alpha value is -3.87. The first-order valence-electron chi connectivity index (χ1n) is 8.80. The highest BCUT2D eigenvalue weighted by Gasteiger charge is 2.21. The number of aromatic nitrogens is 4. The highest BCUT2D eigenvalue weighted by atomic mass is 19.1. The van der Waals surface area contributed by atoms with Crippen LogP contribution < -0.4 is 10.6 Å². The van der Waals surface area contributed by atoms with Crippen LogP contribution in [-0.2, 0) is 6.54 Å². The van der Waals surface area contributed by atoms with E-state index in [4.69, 9.17) is 4.98 Å². The molecule has 0 amide bonds. The van der Waals surface area contributed by atoms with Crippen molar-refractivity contribution < 1.29 is 4.39 Å². The molecule has 0 saturated heterocycles. The van der Waals surface area contributed by atoms with Crippen molar-refractivity contribution in [3.63, 3.8) is 0 Å². The number of rotatable bonds is 3. The molecule has 28 heavy (non-hydrogen) atoms. The van der Waals surface area contributed by atoms with E-state index in [0.29, 0.717) is 12.5 Å². The van der Waals surface area contributed by atoms with Gasteiger partial charge in [0.2, 0.25) is 5.95 Å². The largest absolute Gasteiger partial charge is 0.350 e. The normalized spacial score (nSPS) is 11.5. The summed E-state index contributed by atoms with van der Waals surface area (Å²) in [6, 6.07) is 12.1. The molecule has 0 bridgehead atoms. The fourth-order valence-corrected chi connectivity index (χ4v) is 3.21. The van der Waals surface area contributed by atoms with Gasteiger partial charge in [-0.15, -0.1) is 0 Å². The molecule has 6 nitrogen and oxygen atoms in total. The molecule has 1 aliphatic rings. The summed E-state index contributed by atoms with van der Waals surface area (Å²) in [5, 5.41) is 6.54. The van der Waals surface area contributed by atoms with Gasteiger partial charge in [-0.1, -0.05) is 12.1 Å². The molecule has 4 heterocycles. The lowest BCUT2D eigenvalue weighted by molar-refractivity contribution is 0.627. The maximum Gasteiger partial charge on any atom is 0.223 e. The molecular weight excluding hydrogens is 355 g/mol. The van der Waals surface area contributed by atoms with E-state index in [1.54, 1.807) is 36.9 Å². The van der Waals surface area contributed by atoms with Crippen LogP contribution in [0.3, 0.4) is 0 Å². The second kappa shape index (κ2) is 6.70. The summed E-state index contributed by atoms with van der Waals surface area (Å²) in [4.78, 5) is 17.9. The topological polar surface area (TPSA) is 75.6 Å². The Morgan fingerprint density at radius 1 is 0.893 bits per heavy atom. The summed E-state index contributed by atoms with van der Waals surface area (Å²) in [7, 11) is 0. The van der Waals surface area contributed by atoms with Crippen LogP contribution >= 0.6 is 0 Å². The molecule has 0 radical (unpaired) electrons. The zero-order valence-electron chi connectivity index (χ0n) is 14.7. The molecule has 5 rings (SSSR count). The zero-order chi connectivity index (χ0) is 18.9. The van der Waals surface area contributed by atoms with Gasteiger partial charge < -0.3 is 10.6 Å². The fourth-order valence-electron chi connectivity index (χ4n) is 3.21. The van der Waals surface area contributed by atoms with Crippen LogP contribution in [0.2, 0.25) is 0 Å². The number of benzene rings is 1. The van der Waals surface area contributed by atoms with Crippen LogP contribution in [0.25, 0.3) is 22.4 Å². The minimum absolute atomic E-state index is 0.255. The van der Waals surface area contributed by atoms with Crippen molar-refractivity contribution >= 4 is 17.5 Å². The molecule has 0 spiro atoms. The van der Waals surface area contributed by atoms with Crippen molar-refractivity contribution in [2.45, 2.75) is 6.54 Å². The summed E-state index contributed by atoms with van der Waals surface area (Å²) >= 11 is 0. The van der Waals surface area contributed by atoms with E-state index < -0.39 is 0 Å². The molecule has 0 atom stereocenters. The Bertz CT molecular complexity index is 1160. The SMILES string of the molecule is Fc1ccc(CNc2ncc3c(n2)-c2cccnc2Nc2cnccc2-3)cc1. The molecule has 136 valence electrons. The van der Waals surface area contributed by atoms with Crippen molar-refractivity contribution in [2.24, 2.45) is 0 Å². The summed E-state index contributed by atoms with van der Waals surface area (Å²) in [5.41, 5.74) is 5.35. The van der Waals surface area contributed by atoms with Gasteiger partial charge in [0.25, 0.3) is 0 Å². The van der Waals surface area contributed by atoms with Crippen molar-refractivity contribution in [1.82, 2.24) is 19.9 Å². The number of fused-ring (bicyclic) bond motifs is 5. The van der Waals surface area contributed by atoms with Crippen LogP contribution in [0, 0.1) is 5.82 Å². The fraction of sp³-hybridized carbons (Fsp3) is 0.0476. The first-order chi connectivity index (χ1) is 13.8. The van der Waals surface area contributed by atoms with E-state index in [2.05, 4.69) is 25.6 Å². The standard InChI is InChI=1S/C21H15FN6/c22-14-5-3-13(4-6-14)10-25-21-26-11-17-15-7-9-23-12-18(15)27-20-16(19(17)28-21)2-1-8-24-20/h1-9,11-12H,10H2,(H,24,27)(H,25,26,28). The minimum Gasteiger partial charge on any atom is -0.350 e. The third-order valence-corrected chi connectivity index (χ3v) is 4.58. The molecule has 0 aliphatic carbocycles. The lowest BCUT2D eigenvalue weighted by Crippen LogP contribution is -2.05.